The molecule has 92 valence electrons. The highest BCUT2D eigenvalue weighted by Gasteiger charge is 2.30. The fourth-order valence-electron chi connectivity index (χ4n) is 1.82. The maximum Gasteiger partial charge on any atom is 0.373 e. The maximum atomic E-state index is 11.7. The molecule has 0 saturated carbocycles. The van der Waals surface area contributed by atoms with Crippen LogP contribution in [0.5, 0.6) is 0 Å². The maximum absolute atomic E-state index is 11.7. The van der Waals surface area contributed by atoms with Crippen LogP contribution in [0.1, 0.15) is 5.56 Å². The predicted molar refractivity (Wildman–Crippen MR) is 70.7 cm³/mol. The number of likely N-dealkylation sites (tertiary alicyclic amines) is 1. The molecule has 0 aromatic heterocycles. The minimum atomic E-state index is -0.539. The van der Waals surface area contributed by atoms with Crippen LogP contribution in [-0.2, 0) is 4.79 Å². The lowest BCUT2D eigenvalue weighted by atomic mass is 9.86. The van der Waals surface area contributed by atoms with Gasteiger partial charge in [0.1, 0.15) is 0 Å². The van der Waals surface area contributed by atoms with Crippen molar-refractivity contribution in [1.82, 2.24) is 10.1 Å². The summed E-state index contributed by atoms with van der Waals surface area (Å²) >= 11 is 0. The number of rotatable bonds is 2. The lowest BCUT2D eigenvalue weighted by Crippen LogP contribution is -2.62. The fourth-order valence-corrected chi connectivity index (χ4v) is 1.82. The van der Waals surface area contributed by atoms with Crippen LogP contribution in [0.15, 0.2) is 30.3 Å². The van der Waals surface area contributed by atoms with Gasteiger partial charge in [-0.15, -0.1) is 0 Å². The van der Waals surface area contributed by atoms with E-state index in [0.717, 1.165) is 5.56 Å². The van der Waals surface area contributed by atoms with Crippen molar-refractivity contribution < 1.29 is 9.82 Å². The molecule has 1 aromatic carbocycles. The van der Waals surface area contributed by atoms with Crippen molar-refractivity contribution in [2.45, 2.75) is 12.9 Å². The molecule has 5 heteroatoms. The molecule has 2 N–H and O–H groups in total. The first-order valence-electron chi connectivity index (χ1n) is 5.95. The fraction of sp³-hybridized carbons (Fsp3) is 0.308. The molecule has 0 aliphatic carbocycles. The van der Waals surface area contributed by atoms with Gasteiger partial charge in [0.05, 0.1) is 0 Å². The van der Waals surface area contributed by atoms with E-state index >= 15 is 0 Å². The molecule has 2 rings (SSSR count). The van der Waals surface area contributed by atoms with E-state index in [0.29, 0.717) is 13.1 Å². The van der Waals surface area contributed by atoms with Gasteiger partial charge in [0.25, 0.3) is 5.91 Å². The molecule has 1 aromatic rings. The molecule has 1 amide bonds. The Labute approximate surface area is 107 Å². The van der Waals surface area contributed by atoms with Crippen molar-refractivity contribution in [3.05, 3.63) is 35.9 Å². The molecule has 1 heterocycles. The number of carbonyl (C=O) groups excluding carboxylic acids is 1. The van der Waals surface area contributed by atoms with E-state index in [4.69, 9.17) is 5.02 Å². The Morgan fingerprint density at radius 1 is 1.44 bits per heavy atom. The zero-order chi connectivity index (χ0) is 13.0. The number of nitrogens with one attached hydrogen (secondary N) is 1. The van der Waals surface area contributed by atoms with Crippen LogP contribution < -0.4 is 5.23 Å². The molecule has 0 radical (unpaired) electrons. The van der Waals surface area contributed by atoms with Crippen LogP contribution in [-0.4, -0.2) is 42.0 Å². The van der Waals surface area contributed by atoms with Gasteiger partial charge in [0, 0.05) is 30.6 Å². The van der Waals surface area contributed by atoms with Crippen LogP contribution >= 0.6 is 0 Å². The number of hydrogen-bond donors (Lipinski definition) is 2. The highest BCUT2D eigenvalue weighted by Crippen LogP contribution is 2.07. The van der Waals surface area contributed by atoms with E-state index in [1.807, 2.05) is 30.3 Å². The topological polar surface area (TPSA) is 52.6 Å². The Morgan fingerprint density at radius 3 is 2.72 bits per heavy atom. The molecule has 0 bridgehead atoms. The molecule has 0 atom stereocenters. The third-order valence-corrected chi connectivity index (χ3v) is 2.73. The highest BCUT2D eigenvalue weighted by atomic mass is 16.2. The SMILES string of the molecule is CB(O)NC1CN(C(=O)C#Cc2ccccc2)C1. The number of nitrogens with zero attached hydrogens (tertiary/aromatic N) is 1. The first kappa shape index (κ1) is 12.7. The summed E-state index contributed by atoms with van der Waals surface area (Å²) in [4.78, 5) is 13.4. The normalized spacial score (nSPS) is 14.4. The number of hydrogen-bond acceptors (Lipinski definition) is 3. The minimum absolute atomic E-state index is 0.164. The summed E-state index contributed by atoms with van der Waals surface area (Å²) in [6.07, 6.45) is 0. The molecular formula is C13H15BN2O2. The van der Waals surface area contributed by atoms with Crippen LogP contribution in [0.2, 0.25) is 6.82 Å². The predicted octanol–water partition coefficient (Wildman–Crippen LogP) is -0.0512. The van der Waals surface area contributed by atoms with Gasteiger partial charge in [-0.25, -0.2) is 0 Å². The first-order chi connectivity index (χ1) is 8.65. The lowest BCUT2D eigenvalue weighted by Gasteiger charge is -2.38. The van der Waals surface area contributed by atoms with Gasteiger partial charge in [-0.05, 0) is 19.0 Å². The smallest absolute Gasteiger partial charge is 0.373 e. The van der Waals surface area contributed by atoms with Gasteiger partial charge in [-0.2, -0.15) is 0 Å². The molecule has 4 nitrogen and oxygen atoms in total. The largest absolute Gasteiger partial charge is 0.437 e. The van der Waals surface area contributed by atoms with Crippen LogP contribution in [0.3, 0.4) is 0 Å². The zero-order valence-electron chi connectivity index (χ0n) is 10.3. The lowest BCUT2D eigenvalue weighted by molar-refractivity contribution is -0.129. The molecule has 1 saturated heterocycles. The van der Waals surface area contributed by atoms with E-state index in [9.17, 15) is 4.79 Å². The van der Waals surface area contributed by atoms with Crippen LogP contribution in [0.4, 0.5) is 0 Å². The van der Waals surface area contributed by atoms with Crippen molar-refractivity contribution >= 4 is 13.0 Å². The van der Waals surface area contributed by atoms with E-state index in [1.54, 1.807) is 11.7 Å². The van der Waals surface area contributed by atoms with Crippen molar-refractivity contribution in [2.75, 3.05) is 13.1 Å². The molecule has 1 fully saturated rings. The molecule has 0 unspecified atom stereocenters. The van der Waals surface area contributed by atoms with E-state index in [-0.39, 0.29) is 11.9 Å². The van der Waals surface area contributed by atoms with Crippen molar-refractivity contribution in [3.8, 4) is 11.8 Å². The first-order valence-corrected chi connectivity index (χ1v) is 5.95. The van der Waals surface area contributed by atoms with Crippen LogP contribution in [0.25, 0.3) is 0 Å². The van der Waals surface area contributed by atoms with Crippen molar-refractivity contribution in [2.24, 2.45) is 0 Å². The summed E-state index contributed by atoms with van der Waals surface area (Å²) < 4.78 is 0. The van der Waals surface area contributed by atoms with Crippen molar-refractivity contribution in [3.63, 3.8) is 0 Å². The number of carbonyl (C=O) groups is 1. The zero-order valence-corrected chi connectivity index (χ0v) is 10.3. The average molecular weight is 242 g/mol. The quantitative estimate of drug-likeness (QED) is 0.564. The summed E-state index contributed by atoms with van der Waals surface area (Å²) in [6.45, 7) is 2.88. The number of amides is 1. The Hall–Kier alpha value is -1.77. The third kappa shape index (κ3) is 3.36. The third-order valence-electron chi connectivity index (χ3n) is 2.73. The Morgan fingerprint density at radius 2 is 2.11 bits per heavy atom. The minimum Gasteiger partial charge on any atom is -0.437 e. The monoisotopic (exact) mass is 242 g/mol. The molecule has 1 aliphatic rings. The Kier molecular flexibility index (Phi) is 4.03. The van der Waals surface area contributed by atoms with E-state index in [1.165, 1.54) is 0 Å². The van der Waals surface area contributed by atoms with Gasteiger partial charge >= 0.3 is 7.05 Å². The molecular weight excluding hydrogens is 227 g/mol. The standard InChI is InChI=1S/C13H15BN2O2/c1-14(18)15-12-9-16(10-12)13(17)8-7-11-5-3-2-4-6-11/h2-6,12,15,18H,9-10H2,1H3. The van der Waals surface area contributed by atoms with Gasteiger partial charge < -0.3 is 15.2 Å². The summed E-state index contributed by atoms with van der Waals surface area (Å²) in [7, 11) is -0.539. The second-order valence-electron chi connectivity index (χ2n) is 4.37. The Bertz CT molecular complexity index is 473. The van der Waals surface area contributed by atoms with E-state index in [2.05, 4.69) is 17.1 Å². The average Bonchev–Trinajstić information content (AvgIpc) is 2.31. The Balaban J connectivity index is 1.83. The molecule has 1 aliphatic heterocycles. The summed E-state index contributed by atoms with van der Waals surface area (Å²) in [5.74, 6) is 5.30. The van der Waals surface area contributed by atoms with Gasteiger partial charge in [-0.1, -0.05) is 24.1 Å². The van der Waals surface area contributed by atoms with Gasteiger partial charge in [0.2, 0.25) is 0 Å². The number of benzene rings is 1. The van der Waals surface area contributed by atoms with Crippen molar-refractivity contribution in [1.29, 1.82) is 0 Å². The second kappa shape index (κ2) is 5.72. The molecule has 0 spiro atoms. The second-order valence-corrected chi connectivity index (χ2v) is 4.37. The van der Waals surface area contributed by atoms with Gasteiger partial charge in [0.15, 0.2) is 0 Å². The van der Waals surface area contributed by atoms with Gasteiger partial charge in [-0.3, -0.25) is 4.79 Å². The summed E-state index contributed by atoms with van der Waals surface area (Å²) in [5, 5.41) is 12.1. The molecule has 18 heavy (non-hydrogen) atoms. The van der Waals surface area contributed by atoms with Crippen LogP contribution in [0, 0.1) is 11.8 Å². The van der Waals surface area contributed by atoms with E-state index < -0.39 is 7.05 Å². The summed E-state index contributed by atoms with van der Waals surface area (Å²) in [5.41, 5.74) is 0.838. The highest BCUT2D eigenvalue weighted by molar-refractivity contribution is 6.45. The summed E-state index contributed by atoms with van der Waals surface area (Å²) in [6, 6.07) is 9.60.